The molecular weight excluding hydrogens is 204 g/mol. The molecule has 1 heterocycles. The molecule has 0 aliphatic carbocycles. The molecule has 0 spiro atoms. The predicted molar refractivity (Wildman–Crippen MR) is 59.8 cm³/mol. The fourth-order valence-corrected chi connectivity index (χ4v) is 1.47. The summed E-state index contributed by atoms with van der Waals surface area (Å²) < 4.78 is 10.8. The van der Waals surface area contributed by atoms with Gasteiger partial charge < -0.3 is 14.3 Å². The largest absolute Gasteiger partial charge is 0.466 e. The van der Waals surface area contributed by atoms with Gasteiger partial charge in [-0.05, 0) is 17.7 Å². The first-order valence-electron chi connectivity index (χ1n) is 5.20. The Morgan fingerprint density at radius 2 is 1.94 bits per heavy atom. The van der Waals surface area contributed by atoms with Crippen LogP contribution in [0.1, 0.15) is 17.4 Å². The van der Waals surface area contributed by atoms with E-state index in [9.17, 15) is 5.11 Å². The van der Waals surface area contributed by atoms with Crippen molar-refractivity contribution in [3.8, 4) is 0 Å². The Balaban J connectivity index is 1.94. The molecule has 0 fully saturated rings. The van der Waals surface area contributed by atoms with Gasteiger partial charge in [-0.25, -0.2) is 0 Å². The highest BCUT2D eigenvalue weighted by atomic mass is 16.5. The molecule has 84 valence electrons. The van der Waals surface area contributed by atoms with Gasteiger partial charge in [0.25, 0.3) is 0 Å². The first kappa shape index (κ1) is 10.9. The van der Waals surface area contributed by atoms with E-state index in [1.165, 1.54) is 0 Å². The molecule has 2 aromatic rings. The van der Waals surface area contributed by atoms with Crippen molar-refractivity contribution in [1.82, 2.24) is 0 Å². The van der Waals surface area contributed by atoms with Crippen molar-refractivity contribution in [3.63, 3.8) is 0 Å². The van der Waals surface area contributed by atoms with E-state index < -0.39 is 6.10 Å². The number of ether oxygens (including phenoxy) is 1. The van der Waals surface area contributed by atoms with Crippen molar-refractivity contribution in [2.24, 2.45) is 0 Å². The summed E-state index contributed by atoms with van der Waals surface area (Å²) in [6.07, 6.45) is 1.18. The van der Waals surface area contributed by atoms with Crippen LogP contribution in [0.4, 0.5) is 0 Å². The highest BCUT2D eigenvalue weighted by Gasteiger charge is 2.13. The molecule has 0 bridgehead atoms. The Labute approximate surface area is 94.3 Å². The molecule has 0 saturated carbocycles. The molecule has 0 saturated heterocycles. The molecular formula is C13H14O3. The Morgan fingerprint density at radius 1 is 1.12 bits per heavy atom. The van der Waals surface area contributed by atoms with E-state index in [0.29, 0.717) is 12.4 Å². The van der Waals surface area contributed by atoms with Gasteiger partial charge in [0.2, 0.25) is 0 Å². The molecule has 3 nitrogen and oxygen atoms in total. The van der Waals surface area contributed by atoms with Crippen molar-refractivity contribution in [2.45, 2.75) is 12.7 Å². The van der Waals surface area contributed by atoms with E-state index in [-0.39, 0.29) is 6.61 Å². The van der Waals surface area contributed by atoms with Crippen LogP contribution in [-0.4, -0.2) is 11.7 Å². The highest BCUT2D eigenvalue weighted by Crippen LogP contribution is 2.18. The van der Waals surface area contributed by atoms with Gasteiger partial charge in [0, 0.05) is 0 Å². The van der Waals surface area contributed by atoms with Crippen LogP contribution in [0.2, 0.25) is 0 Å². The minimum Gasteiger partial charge on any atom is -0.466 e. The molecule has 0 aliphatic heterocycles. The predicted octanol–water partition coefficient (Wildman–Crippen LogP) is 2.53. The molecule has 1 aromatic carbocycles. The van der Waals surface area contributed by atoms with Crippen molar-refractivity contribution in [2.75, 3.05) is 6.61 Å². The van der Waals surface area contributed by atoms with Crippen LogP contribution in [-0.2, 0) is 11.3 Å². The van der Waals surface area contributed by atoms with Crippen LogP contribution in [0.15, 0.2) is 53.1 Å². The Bertz CT molecular complexity index is 394. The maximum Gasteiger partial charge on any atom is 0.138 e. The minimum atomic E-state index is -0.393. The van der Waals surface area contributed by atoms with Crippen molar-refractivity contribution >= 4 is 0 Å². The first-order chi connectivity index (χ1) is 7.90. The summed E-state index contributed by atoms with van der Waals surface area (Å²) in [5.41, 5.74) is 1.08. The Kier molecular flexibility index (Phi) is 3.75. The second-order valence-corrected chi connectivity index (χ2v) is 3.48. The van der Waals surface area contributed by atoms with Crippen LogP contribution in [0.25, 0.3) is 0 Å². The average Bonchev–Trinajstić information content (AvgIpc) is 2.85. The molecule has 0 amide bonds. The molecule has 0 unspecified atom stereocenters. The topological polar surface area (TPSA) is 42.6 Å². The molecule has 1 aromatic heterocycles. The van der Waals surface area contributed by atoms with Crippen LogP contribution in [0.5, 0.6) is 0 Å². The van der Waals surface area contributed by atoms with E-state index in [0.717, 1.165) is 5.56 Å². The van der Waals surface area contributed by atoms with E-state index in [1.807, 2.05) is 30.3 Å². The van der Waals surface area contributed by atoms with E-state index in [2.05, 4.69) is 0 Å². The van der Waals surface area contributed by atoms with Crippen molar-refractivity contribution in [1.29, 1.82) is 0 Å². The van der Waals surface area contributed by atoms with Gasteiger partial charge >= 0.3 is 0 Å². The van der Waals surface area contributed by atoms with Crippen LogP contribution in [0, 0.1) is 0 Å². The van der Waals surface area contributed by atoms with Gasteiger partial charge in [0.1, 0.15) is 11.9 Å². The third-order valence-electron chi connectivity index (χ3n) is 2.32. The summed E-state index contributed by atoms with van der Waals surface area (Å²) in [5, 5.41) is 9.19. The standard InChI is InChI=1S/C13H14O3/c14-9-13(12-7-4-8-15-12)16-10-11-5-2-1-3-6-11/h1-8,13-14H,9-10H2/t13-/m1/s1. The molecule has 16 heavy (non-hydrogen) atoms. The van der Waals surface area contributed by atoms with Gasteiger partial charge in [0.15, 0.2) is 0 Å². The normalized spacial score (nSPS) is 12.6. The molecule has 0 radical (unpaired) electrons. The third-order valence-corrected chi connectivity index (χ3v) is 2.32. The molecule has 1 N–H and O–H groups in total. The van der Waals surface area contributed by atoms with Crippen LogP contribution < -0.4 is 0 Å². The Hall–Kier alpha value is -1.58. The third kappa shape index (κ3) is 2.72. The molecule has 2 rings (SSSR count). The number of rotatable bonds is 5. The fraction of sp³-hybridized carbons (Fsp3) is 0.231. The lowest BCUT2D eigenvalue weighted by Gasteiger charge is -2.12. The lowest BCUT2D eigenvalue weighted by atomic mass is 10.2. The van der Waals surface area contributed by atoms with E-state index in [4.69, 9.17) is 9.15 Å². The number of furan rings is 1. The lowest BCUT2D eigenvalue weighted by Crippen LogP contribution is -2.08. The van der Waals surface area contributed by atoms with Gasteiger partial charge in [-0.2, -0.15) is 0 Å². The number of hydrogen-bond donors (Lipinski definition) is 1. The summed E-state index contributed by atoms with van der Waals surface area (Å²) in [6, 6.07) is 13.4. The summed E-state index contributed by atoms with van der Waals surface area (Å²) in [4.78, 5) is 0. The zero-order valence-electron chi connectivity index (χ0n) is 8.87. The van der Waals surface area contributed by atoms with E-state index >= 15 is 0 Å². The second kappa shape index (κ2) is 5.49. The monoisotopic (exact) mass is 218 g/mol. The van der Waals surface area contributed by atoms with E-state index in [1.54, 1.807) is 18.4 Å². The maximum absolute atomic E-state index is 9.19. The van der Waals surface area contributed by atoms with Crippen LogP contribution in [0.3, 0.4) is 0 Å². The number of aliphatic hydroxyl groups is 1. The van der Waals surface area contributed by atoms with Crippen molar-refractivity contribution in [3.05, 3.63) is 60.1 Å². The molecule has 3 heteroatoms. The number of hydrogen-bond acceptors (Lipinski definition) is 3. The highest BCUT2D eigenvalue weighted by molar-refractivity contribution is 5.13. The Morgan fingerprint density at radius 3 is 2.56 bits per heavy atom. The summed E-state index contributed by atoms with van der Waals surface area (Å²) >= 11 is 0. The summed E-state index contributed by atoms with van der Waals surface area (Å²) in [5.74, 6) is 0.651. The summed E-state index contributed by atoms with van der Waals surface area (Å²) in [7, 11) is 0. The lowest BCUT2D eigenvalue weighted by molar-refractivity contribution is -0.0112. The minimum absolute atomic E-state index is 0.0830. The average molecular weight is 218 g/mol. The second-order valence-electron chi connectivity index (χ2n) is 3.48. The first-order valence-corrected chi connectivity index (χ1v) is 5.20. The number of benzene rings is 1. The van der Waals surface area contributed by atoms with Gasteiger partial charge in [-0.15, -0.1) is 0 Å². The maximum atomic E-state index is 9.19. The molecule has 1 atom stereocenters. The quantitative estimate of drug-likeness (QED) is 0.838. The van der Waals surface area contributed by atoms with Gasteiger partial charge in [0.05, 0.1) is 19.5 Å². The zero-order chi connectivity index (χ0) is 11.2. The fourth-order valence-electron chi connectivity index (χ4n) is 1.47. The van der Waals surface area contributed by atoms with Crippen molar-refractivity contribution < 1.29 is 14.3 Å². The van der Waals surface area contributed by atoms with Gasteiger partial charge in [-0.1, -0.05) is 30.3 Å². The molecule has 0 aliphatic rings. The smallest absolute Gasteiger partial charge is 0.138 e. The van der Waals surface area contributed by atoms with Crippen LogP contribution >= 0.6 is 0 Å². The zero-order valence-corrected chi connectivity index (χ0v) is 8.87. The summed E-state index contributed by atoms with van der Waals surface area (Å²) in [6.45, 7) is 0.382. The SMILES string of the molecule is OC[C@@H](OCc1ccccc1)c1ccco1. The van der Waals surface area contributed by atoms with Gasteiger partial charge in [-0.3, -0.25) is 0 Å². The number of aliphatic hydroxyl groups excluding tert-OH is 1.